The second-order valence-electron chi connectivity index (χ2n) is 6.59. The van der Waals surface area contributed by atoms with Gasteiger partial charge in [0.2, 0.25) is 0 Å². The fourth-order valence-electron chi connectivity index (χ4n) is 2.80. The fourth-order valence-corrected chi connectivity index (χ4v) is 3.36. The van der Waals surface area contributed by atoms with E-state index in [1.165, 1.54) is 12.3 Å². The molecule has 1 aromatic heterocycles. The van der Waals surface area contributed by atoms with Crippen molar-refractivity contribution in [2.24, 2.45) is 11.8 Å². The highest BCUT2D eigenvalue weighted by atomic mass is 32.2. The third-order valence-corrected chi connectivity index (χ3v) is 5.62. The lowest BCUT2D eigenvalue weighted by atomic mass is 9.99. The molecule has 0 spiro atoms. The molecule has 0 amide bonds. The molecule has 4 atom stereocenters. The van der Waals surface area contributed by atoms with E-state index < -0.39 is 9.84 Å². The van der Waals surface area contributed by atoms with Crippen molar-refractivity contribution in [3.63, 3.8) is 0 Å². The van der Waals surface area contributed by atoms with Crippen molar-refractivity contribution in [3.8, 4) is 5.75 Å². The Morgan fingerprint density at radius 2 is 2.09 bits per heavy atom. The van der Waals surface area contributed by atoms with Crippen LogP contribution in [0.15, 0.2) is 23.4 Å². The van der Waals surface area contributed by atoms with Gasteiger partial charge in [0, 0.05) is 31.3 Å². The number of ether oxygens (including phenoxy) is 1. The number of hydrogen-bond donors (Lipinski definition) is 1. The molecular weight excluding hydrogens is 316 g/mol. The number of rotatable bonds is 6. The molecule has 1 aliphatic heterocycles. The van der Waals surface area contributed by atoms with Crippen molar-refractivity contribution in [1.82, 2.24) is 9.88 Å². The van der Waals surface area contributed by atoms with Crippen LogP contribution in [0.5, 0.6) is 5.75 Å². The summed E-state index contributed by atoms with van der Waals surface area (Å²) in [4.78, 5) is 6.21. The van der Waals surface area contributed by atoms with Crippen molar-refractivity contribution in [2.45, 2.75) is 37.9 Å². The van der Waals surface area contributed by atoms with Crippen LogP contribution < -0.4 is 4.74 Å². The van der Waals surface area contributed by atoms with Gasteiger partial charge in [-0.1, -0.05) is 6.92 Å². The minimum Gasteiger partial charge on any atom is -0.492 e. The molecule has 1 saturated heterocycles. The van der Waals surface area contributed by atoms with E-state index >= 15 is 0 Å². The van der Waals surface area contributed by atoms with E-state index in [0.29, 0.717) is 24.2 Å². The zero-order valence-corrected chi connectivity index (χ0v) is 15.0. The van der Waals surface area contributed by atoms with Crippen LogP contribution in [-0.4, -0.2) is 61.5 Å². The maximum atomic E-state index is 11.4. The number of aromatic nitrogens is 1. The zero-order chi connectivity index (χ0) is 17.2. The Bertz CT molecular complexity index is 615. The molecular formula is C16H26N2O4S. The Morgan fingerprint density at radius 1 is 1.39 bits per heavy atom. The molecule has 23 heavy (non-hydrogen) atoms. The predicted molar refractivity (Wildman–Crippen MR) is 88.2 cm³/mol. The smallest absolute Gasteiger partial charge is 0.192 e. The molecule has 1 fully saturated rings. The number of likely N-dealkylation sites (tertiary alicyclic amines) is 1. The molecule has 0 aromatic carbocycles. The van der Waals surface area contributed by atoms with E-state index in [9.17, 15) is 13.5 Å². The molecule has 0 saturated carbocycles. The summed E-state index contributed by atoms with van der Waals surface area (Å²) in [6.07, 6.45) is 2.23. The Kier molecular flexibility index (Phi) is 5.65. The Hall–Kier alpha value is -1.18. The van der Waals surface area contributed by atoms with Gasteiger partial charge < -0.3 is 9.84 Å². The second kappa shape index (κ2) is 7.15. The SMILES string of the molecule is CC(O)C(C)N1CC(C)C(COc2ccc(S(C)(=O)=O)nc2)C1. The second-order valence-corrected chi connectivity index (χ2v) is 8.55. The summed E-state index contributed by atoms with van der Waals surface area (Å²) in [7, 11) is -3.28. The van der Waals surface area contributed by atoms with Crippen molar-refractivity contribution in [2.75, 3.05) is 26.0 Å². The highest BCUT2D eigenvalue weighted by molar-refractivity contribution is 7.90. The van der Waals surface area contributed by atoms with Crippen LogP contribution in [0, 0.1) is 11.8 Å². The van der Waals surface area contributed by atoms with Crippen LogP contribution >= 0.6 is 0 Å². The topological polar surface area (TPSA) is 79.7 Å². The molecule has 0 radical (unpaired) electrons. The molecule has 2 rings (SSSR count). The molecule has 130 valence electrons. The van der Waals surface area contributed by atoms with Gasteiger partial charge in [-0.05, 0) is 31.9 Å². The predicted octanol–water partition coefficient (Wildman–Crippen LogP) is 1.20. The number of hydrogen-bond acceptors (Lipinski definition) is 6. The summed E-state index contributed by atoms with van der Waals surface area (Å²) in [6.45, 7) is 8.44. The van der Waals surface area contributed by atoms with Crippen molar-refractivity contribution < 1.29 is 18.3 Å². The van der Waals surface area contributed by atoms with E-state index in [1.807, 2.05) is 13.8 Å². The van der Waals surface area contributed by atoms with Gasteiger partial charge in [0.1, 0.15) is 5.75 Å². The van der Waals surface area contributed by atoms with Gasteiger partial charge >= 0.3 is 0 Å². The highest BCUT2D eigenvalue weighted by Crippen LogP contribution is 2.26. The first-order valence-corrected chi connectivity index (χ1v) is 9.78. The number of nitrogens with zero attached hydrogens (tertiary/aromatic N) is 2. The normalized spacial score (nSPS) is 25.3. The Morgan fingerprint density at radius 3 is 2.61 bits per heavy atom. The van der Waals surface area contributed by atoms with Gasteiger partial charge in [-0.25, -0.2) is 13.4 Å². The standard InChI is InChI=1S/C16H26N2O4S/c1-11-8-18(12(2)13(3)19)9-14(11)10-22-15-5-6-16(17-7-15)23(4,20)21/h5-7,11-14,19H,8-10H2,1-4H3. The first kappa shape index (κ1) is 18.2. The van der Waals surface area contributed by atoms with E-state index in [-0.39, 0.29) is 17.2 Å². The molecule has 1 N–H and O–H groups in total. The van der Waals surface area contributed by atoms with E-state index in [4.69, 9.17) is 4.74 Å². The van der Waals surface area contributed by atoms with Gasteiger partial charge in [0.15, 0.2) is 14.9 Å². The summed E-state index contributed by atoms with van der Waals surface area (Å²) < 4.78 is 28.5. The molecule has 7 heteroatoms. The average molecular weight is 342 g/mol. The third kappa shape index (κ3) is 4.65. The average Bonchev–Trinajstić information content (AvgIpc) is 2.85. The van der Waals surface area contributed by atoms with Crippen LogP contribution in [0.3, 0.4) is 0 Å². The third-order valence-electron chi connectivity index (χ3n) is 4.62. The minimum absolute atomic E-state index is 0.0519. The van der Waals surface area contributed by atoms with Crippen LogP contribution in [0.1, 0.15) is 20.8 Å². The van der Waals surface area contributed by atoms with E-state index in [1.54, 1.807) is 6.07 Å². The molecule has 1 aromatic rings. The summed E-state index contributed by atoms with van der Waals surface area (Å²) >= 11 is 0. The molecule has 6 nitrogen and oxygen atoms in total. The van der Waals surface area contributed by atoms with Gasteiger partial charge in [0.05, 0.1) is 18.9 Å². The number of aliphatic hydroxyl groups excluding tert-OH is 1. The first-order chi connectivity index (χ1) is 10.7. The monoisotopic (exact) mass is 342 g/mol. The Balaban J connectivity index is 1.91. The van der Waals surface area contributed by atoms with Crippen LogP contribution in [0.4, 0.5) is 0 Å². The van der Waals surface area contributed by atoms with Crippen molar-refractivity contribution in [1.29, 1.82) is 0 Å². The molecule has 1 aliphatic rings. The number of sulfone groups is 1. The molecule has 4 unspecified atom stereocenters. The van der Waals surface area contributed by atoms with Gasteiger partial charge in [-0.15, -0.1) is 0 Å². The highest BCUT2D eigenvalue weighted by Gasteiger charge is 2.33. The maximum Gasteiger partial charge on any atom is 0.192 e. The lowest BCUT2D eigenvalue weighted by Gasteiger charge is -2.26. The summed E-state index contributed by atoms with van der Waals surface area (Å²) in [5.74, 6) is 1.44. The van der Waals surface area contributed by atoms with E-state index in [0.717, 1.165) is 19.3 Å². The van der Waals surface area contributed by atoms with Crippen LogP contribution in [0.25, 0.3) is 0 Å². The lowest BCUT2D eigenvalue weighted by Crippen LogP contribution is -2.39. The summed E-state index contributed by atoms with van der Waals surface area (Å²) in [5, 5.41) is 9.78. The number of aliphatic hydroxyl groups is 1. The van der Waals surface area contributed by atoms with E-state index in [2.05, 4.69) is 16.8 Å². The largest absolute Gasteiger partial charge is 0.492 e. The molecule has 0 aliphatic carbocycles. The Labute approximate surface area is 138 Å². The first-order valence-electron chi connectivity index (χ1n) is 7.89. The fraction of sp³-hybridized carbons (Fsp3) is 0.688. The summed E-state index contributed by atoms with van der Waals surface area (Å²) in [6, 6.07) is 3.24. The van der Waals surface area contributed by atoms with Crippen molar-refractivity contribution in [3.05, 3.63) is 18.3 Å². The maximum absolute atomic E-state index is 11.4. The van der Waals surface area contributed by atoms with Crippen LogP contribution in [-0.2, 0) is 9.84 Å². The minimum atomic E-state index is -3.28. The number of pyridine rings is 1. The molecule has 2 heterocycles. The summed E-state index contributed by atoms with van der Waals surface area (Å²) in [5.41, 5.74) is 0. The van der Waals surface area contributed by atoms with Crippen LogP contribution in [0.2, 0.25) is 0 Å². The van der Waals surface area contributed by atoms with Gasteiger partial charge in [-0.2, -0.15) is 0 Å². The quantitative estimate of drug-likeness (QED) is 0.837. The lowest BCUT2D eigenvalue weighted by molar-refractivity contribution is 0.0809. The van der Waals surface area contributed by atoms with Crippen molar-refractivity contribution >= 4 is 9.84 Å². The molecule has 0 bridgehead atoms. The zero-order valence-electron chi connectivity index (χ0n) is 14.1. The van der Waals surface area contributed by atoms with Gasteiger partial charge in [0.25, 0.3) is 0 Å². The van der Waals surface area contributed by atoms with Gasteiger partial charge in [-0.3, -0.25) is 4.90 Å².